The summed E-state index contributed by atoms with van der Waals surface area (Å²) in [6.07, 6.45) is 20.9. The molecule has 0 unspecified atom stereocenters. The van der Waals surface area contributed by atoms with Crippen LogP contribution in [0.25, 0.3) is 0 Å². The van der Waals surface area contributed by atoms with Gasteiger partial charge in [-0.1, -0.05) is 121 Å². The van der Waals surface area contributed by atoms with Gasteiger partial charge >= 0.3 is 0 Å². The van der Waals surface area contributed by atoms with E-state index >= 15 is 0 Å². The summed E-state index contributed by atoms with van der Waals surface area (Å²) in [5.41, 5.74) is 1.39. The lowest BCUT2D eigenvalue weighted by atomic mass is 10.0. The Balaban J connectivity index is 1.44. The van der Waals surface area contributed by atoms with Crippen LogP contribution in [0, 0.1) is 0 Å². The van der Waals surface area contributed by atoms with Crippen LogP contribution < -0.4 is 4.74 Å². The van der Waals surface area contributed by atoms with E-state index in [1.165, 1.54) is 95.5 Å². The van der Waals surface area contributed by atoms with Crippen LogP contribution in [0.4, 0.5) is 0 Å². The Bertz CT molecular complexity index is 619. The Morgan fingerprint density at radius 2 is 1.03 bits per heavy atom. The molecule has 0 saturated carbocycles. The van der Waals surface area contributed by atoms with E-state index in [0.29, 0.717) is 0 Å². The summed E-state index contributed by atoms with van der Waals surface area (Å²) in [5, 5.41) is 0. The van der Waals surface area contributed by atoms with Crippen molar-refractivity contribution in [1.29, 1.82) is 0 Å². The second-order valence-corrected chi connectivity index (χ2v) is 8.41. The molecule has 0 aliphatic heterocycles. The molecule has 0 atom stereocenters. The number of aryl methyl sites for hydroxylation is 1. The van der Waals surface area contributed by atoms with Crippen molar-refractivity contribution in [3.05, 3.63) is 60.2 Å². The Labute approximate surface area is 179 Å². The first-order chi connectivity index (χ1) is 14.4. The summed E-state index contributed by atoms with van der Waals surface area (Å²) in [5.74, 6) is 1.85. The SMILES string of the molecule is CCCCCCCCCCCCCCCCc1cccc(Oc2ccccc2)c1. The van der Waals surface area contributed by atoms with Crippen molar-refractivity contribution >= 4 is 0 Å². The van der Waals surface area contributed by atoms with Crippen LogP contribution in [0.1, 0.15) is 102 Å². The fraction of sp³-hybridized carbons (Fsp3) is 0.571. The molecule has 0 bridgehead atoms. The molecule has 2 rings (SSSR count). The highest BCUT2D eigenvalue weighted by atomic mass is 16.5. The van der Waals surface area contributed by atoms with Crippen LogP contribution in [0.5, 0.6) is 11.5 Å². The van der Waals surface area contributed by atoms with Crippen molar-refractivity contribution in [1.82, 2.24) is 0 Å². The molecule has 0 fully saturated rings. The third kappa shape index (κ3) is 11.7. The minimum absolute atomic E-state index is 0.904. The average Bonchev–Trinajstić information content (AvgIpc) is 2.75. The zero-order chi connectivity index (χ0) is 20.4. The van der Waals surface area contributed by atoms with Crippen LogP contribution in [-0.4, -0.2) is 0 Å². The monoisotopic (exact) mass is 394 g/mol. The molecule has 0 aliphatic carbocycles. The zero-order valence-corrected chi connectivity index (χ0v) is 18.7. The van der Waals surface area contributed by atoms with E-state index in [4.69, 9.17) is 4.74 Å². The summed E-state index contributed by atoms with van der Waals surface area (Å²) >= 11 is 0. The maximum Gasteiger partial charge on any atom is 0.127 e. The van der Waals surface area contributed by atoms with E-state index < -0.39 is 0 Å². The van der Waals surface area contributed by atoms with Gasteiger partial charge < -0.3 is 4.74 Å². The molecule has 160 valence electrons. The van der Waals surface area contributed by atoms with E-state index in [1.807, 2.05) is 36.4 Å². The van der Waals surface area contributed by atoms with E-state index in [9.17, 15) is 0 Å². The molecular formula is C28H42O. The number of para-hydroxylation sites is 1. The molecule has 0 saturated heterocycles. The van der Waals surface area contributed by atoms with Gasteiger partial charge in [0.05, 0.1) is 0 Å². The molecule has 0 spiro atoms. The van der Waals surface area contributed by atoms with Gasteiger partial charge in [-0.05, 0) is 42.7 Å². The number of hydrogen-bond donors (Lipinski definition) is 0. The van der Waals surface area contributed by atoms with Crippen LogP contribution in [0.2, 0.25) is 0 Å². The van der Waals surface area contributed by atoms with Crippen LogP contribution in [-0.2, 0) is 6.42 Å². The van der Waals surface area contributed by atoms with Crippen molar-refractivity contribution in [2.24, 2.45) is 0 Å². The number of rotatable bonds is 17. The molecule has 1 heteroatoms. The lowest BCUT2D eigenvalue weighted by Gasteiger charge is -2.08. The molecule has 0 amide bonds. The van der Waals surface area contributed by atoms with Gasteiger partial charge in [-0.15, -0.1) is 0 Å². The summed E-state index contributed by atoms with van der Waals surface area (Å²) in [6, 6.07) is 18.6. The first-order valence-electron chi connectivity index (χ1n) is 12.2. The third-order valence-electron chi connectivity index (χ3n) is 5.70. The summed E-state index contributed by atoms with van der Waals surface area (Å²) < 4.78 is 5.94. The fourth-order valence-electron chi connectivity index (χ4n) is 3.91. The molecule has 1 nitrogen and oxygen atoms in total. The first-order valence-corrected chi connectivity index (χ1v) is 12.2. The van der Waals surface area contributed by atoms with Crippen LogP contribution in [0.3, 0.4) is 0 Å². The first kappa shape index (κ1) is 23.5. The van der Waals surface area contributed by atoms with E-state index in [0.717, 1.165) is 17.9 Å². The maximum atomic E-state index is 5.94. The van der Waals surface area contributed by atoms with Crippen LogP contribution >= 0.6 is 0 Å². The quantitative estimate of drug-likeness (QED) is 0.243. The molecule has 0 radical (unpaired) electrons. The minimum Gasteiger partial charge on any atom is -0.457 e. The lowest BCUT2D eigenvalue weighted by Crippen LogP contribution is -1.89. The Hall–Kier alpha value is -1.76. The predicted molar refractivity (Wildman–Crippen MR) is 127 cm³/mol. The Morgan fingerprint density at radius 1 is 0.517 bits per heavy atom. The van der Waals surface area contributed by atoms with Gasteiger partial charge in [0, 0.05) is 0 Å². The molecule has 0 aromatic heterocycles. The molecule has 0 heterocycles. The van der Waals surface area contributed by atoms with Crippen molar-refractivity contribution in [3.63, 3.8) is 0 Å². The largest absolute Gasteiger partial charge is 0.457 e. The highest BCUT2D eigenvalue weighted by Gasteiger charge is 2.00. The normalized spacial score (nSPS) is 10.9. The summed E-state index contributed by atoms with van der Waals surface area (Å²) in [7, 11) is 0. The smallest absolute Gasteiger partial charge is 0.127 e. The summed E-state index contributed by atoms with van der Waals surface area (Å²) in [6.45, 7) is 2.29. The van der Waals surface area contributed by atoms with Gasteiger partial charge in [-0.25, -0.2) is 0 Å². The Morgan fingerprint density at radius 3 is 1.62 bits per heavy atom. The molecule has 2 aromatic rings. The highest BCUT2D eigenvalue weighted by Crippen LogP contribution is 2.22. The van der Waals surface area contributed by atoms with E-state index in [-0.39, 0.29) is 0 Å². The fourth-order valence-corrected chi connectivity index (χ4v) is 3.91. The molecule has 0 aliphatic rings. The molecular weight excluding hydrogens is 352 g/mol. The van der Waals surface area contributed by atoms with E-state index in [2.05, 4.69) is 25.1 Å². The second-order valence-electron chi connectivity index (χ2n) is 8.41. The van der Waals surface area contributed by atoms with Gasteiger partial charge in [0.15, 0.2) is 0 Å². The van der Waals surface area contributed by atoms with Crippen molar-refractivity contribution < 1.29 is 4.74 Å². The summed E-state index contributed by atoms with van der Waals surface area (Å²) in [4.78, 5) is 0. The van der Waals surface area contributed by atoms with Crippen LogP contribution in [0.15, 0.2) is 54.6 Å². The number of hydrogen-bond acceptors (Lipinski definition) is 1. The number of ether oxygens (including phenoxy) is 1. The molecule has 2 aromatic carbocycles. The zero-order valence-electron chi connectivity index (χ0n) is 18.7. The molecule has 29 heavy (non-hydrogen) atoms. The maximum absolute atomic E-state index is 5.94. The predicted octanol–water partition coefficient (Wildman–Crippen LogP) is 9.50. The van der Waals surface area contributed by atoms with E-state index in [1.54, 1.807) is 0 Å². The molecule has 0 N–H and O–H groups in total. The minimum atomic E-state index is 0.904. The standard InChI is InChI=1S/C28H42O/c1-2-3-4-5-6-7-8-9-10-11-12-13-14-16-20-26-21-19-24-28(25-26)29-27-22-17-15-18-23-27/h15,17-19,21-25H,2-14,16,20H2,1H3. The van der Waals surface area contributed by atoms with Gasteiger partial charge in [0.2, 0.25) is 0 Å². The third-order valence-corrected chi connectivity index (χ3v) is 5.70. The highest BCUT2D eigenvalue weighted by molar-refractivity contribution is 5.33. The Kier molecular flexibility index (Phi) is 13.0. The van der Waals surface area contributed by atoms with Crippen molar-refractivity contribution in [2.45, 2.75) is 103 Å². The average molecular weight is 395 g/mol. The number of benzene rings is 2. The van der Waals surface area contributed by atoms with Crippen molar-refractivity contribution in [3.8, 4) is 11.5 Å². The van der Waals surface area contributed by atoms with Gasteiger partial charge in [-0.2, -0.15) is 0 Å². The lowest BCUT2D eigenvalue weighted by molar-refractivity contribution is 0.481. The van der Waals surface area contributed by atoms with Gasteiger partial charge in [-0.3, -0.25) is 0 Å². The number of unbranched alkanes of at least 4 members (excludes halogenated alkanes) is 13. The van der Waals surface area contributed by atoms with Gasteiger partial charge in [0.1, 0.15) is 11.5 Å². The van der Waals surface area contributed by atoms with Crippen molar-refractivity contribution in [2.75, 3.05) is 0 Å². The topological polar surface area (TPSA) is 9.23 Å². The van der Waals surface area contributed by atoms with Gasteiger partial charge in [0.25, 0.3) is 0 Å². The second kappa shape index (κ2) is 16.1.